The van der Waals surface area contributed by atoms with Crippen LogP contribution in [0.25, 0.3) is 54.2 Å². The van der Waals surface area contributed by atoms with E-state index in [9.17, 15) is 0 Å². The van der Waals surface area contributed by atoms with E-state index >= 15 is 0 Å². The van der Waals surface area contributed by atoms with Gasteiger partial charge in [0.1, 0.15) is 16.5 Å². The lowest BCUT2D eigenvalue weighted by Gasteiger charge is -2.24. The van der Waals surface area contributed by atoms with Gasteiger partial charge >= 0.3 is 0 Å². The molecule has 0 unspecified atom stereocenters. The molecule has 0 saturated carbocycles. The van der Waals surface area contributed by atoms with Gasteiger partial charge in [-0.3, -0.25) is 9.13 Å². The minimum absolute atomic E-state index is 0.690. The number of fused-ring (bicyclic) bond motifs is 9. The van der Waals surface area contributed by atoms with Gasteiger partial charge < -0.3 is 5.73 Å². The van der Waals surface area contributed by atoms with E-state index in [-0.39, 0.29) is 0 Å². The van der Waals surface area contributed by atoms with Crippen LogP contribution in [0.4, 0.5) is 5.69 Å². The lowest BCUT2D eigenvalue weighted by molar-refractivity contribution is 0.845. The molecule has 2 N–H and O–H groups in total. The maximum absolute atomic E-state index is 6.69. The van der Waals surface area contributed by atoms with Crippen molar-refractivity contribution in [1.82, 2.24) is 9.13 Å². The molecule has 212 valence electrons. The number of nitrogens with two attached hydrogens (primary N) is 1. The molecule has 7 aromatic rings. The molecule has 3 heterocycles. The summed E-state index contributed by atoms with van der Waals surface area (Å²) in [7, 11) is 0. The summed E-state index contributed by atoms with van der Waals surface area (Å²) in [6.07, 6.45) is 8.79. The fourth-order valence-electron chi connectivity index (χ4n) is 7.44. The molecule has 0 atom stereocenters. The lowest BCUT2D eigenvalue weighted by atomic mass is 9.83. The highest BCUT2D eigenvalue weighted by atomic mass is 32.1. The Bertz CT molecular complexity index is 2420. The number of para-hydroxylation sites is 2. The van der Waals surface area contributed by atoms with E-state index in [0.29, 0.717) is 11.5 Å². The van der Waals surface area contributed by atoms with Crippen molar-refractivity contribution in [2.75, 3.05) is 5.73 Å². The first kappa shape index (κ1) is 25.4. The second-order valence-corrected chi connectivity index (χ2v) is 12.6. The number of aliphatic imine (C=N–C) groups is 1. The second kappa shape index (κ2) is 9.69. The van der Waals surface area contributed by atoms with Crippen LogP contribution in [0.3, 0.4) is 0 Å². The number of rotatable bonds is 3. The summed E-state index contributed by atoms with van der Waals surface area (Å²) in [6.45, 7) is 4.71. The number of hydrogen-bond donors (Lipinski definition) is 1. The van der Waals surface area contributed by atoms with E-state index in [0.717, 1.165) is 47.4 Å². The van der Waals surface area contributed by atoms with Gasteiger partial charge in [-0.1, -0.05) is 85.5 Å². The molecule has 5 heteroatoms. The van der Waals surface area contributed by atoms with Crippen molar-refractivity contribution in [2.45, 2.75) is 25.7 Å². The minimum atomic E-state index is 0.690. The zero-order valence-corrected chi connectivity index (χ0v) is 25.1. The Morgan fingerprint density at radius 2 is 1.59 bits per heavy atom. The molecule has 0 spiro atoms. The van der Waals surface area contributed by atoms with Crippen molar-refractivity contribution in [3.8, 4) is 0 Å². The Balaban J connectivity index is 1.37. The number of thiophene rings is 1. The molecule has 44 heavy (non-hydrogen) atoms. The summed E-state index contributed by atoms with van der Waals surface area (Å²) >= 11 is 1.73. The molecular weight excluding hydrogens is 557 g/mol. The zero-order chi connectivity index (χ0) is 29.4. The third-order valence-corrected chi connectivity index (χ3v) is 10.2. The summed E-state index contributed by atoms with van der Waals surface area (Å²) in [6, 6.07) is 32.0. The van der Waals surface area contributed by atoms with Gasteiger partial charge in [-0.15, -0.1) is 11.3 Å². The van der Waals surface area contributed by atoms with Crippen LogP contribution in [0.15, 0.2) is 126 Å². The van der Waals surface area contributed by atoms with E-state index in [1.54, 1.807) is 11.3 Å². The average Bonchev–Trinajstić information content (AvgIpc) is 3.76. The number of nitrogens with zero attached hydrogens (tertiary/aromatic N) is 3. The molecule has 0 amide bonds. The Labute approximate surface area is 259 Å². The summed E-state index contributed by atoms with van der Waals surface area (Å²) in [5.74, 6) is 1.48. The molecule has 2 aliphatic carbocycles. The molecule has 0 saturated heterocycles. The highest BCUT2D eigenvalue weighted by Crippen LogP contribution is 2.45. The first-order valence-electron chi connectivity index (χ1n) is 15.2. The van der Waals surface area contributed by atoms with Crippen molar-refractivity contribution in [1.29, 1.82) is 0 Å². The Hall–Kier alpha value is -5.13. The molecule has 4 aromatic carbocycles. The molecule has 9 rings (SSSR count). The lowest BCUT2D eigenvalue weighted by Crippen LogP contribution is -2.16. The van der Waals surface area contributed by atoms with Gasteiger partial charge in [0.2, 0.25) is 0 Å². The topological polar surface area (TPSA) is 48.2 Å². The molecule has 2 aliphatic rings. The Morgan fingerprint density at radius 1 is 0.773 bits per heavy atom. The van der Waals surface area contributed by atoms with E-state index in [4.69, 9.17) is 17.3 Å². The van der Waals surface area contributed by atoms with Gasteiger partial charge in [0.15, 0.2) is 0 Å². The molecule has 0 bridgehead atoms. The summed E-state index contributed by atoms with van der Waals surface area (Å²) < 4.78 is 4.63. The first-order valence-corrected chi connectivity index (χ1v) is 16.1. The SMILES string of the molecule is C=C(/N=C(\c1ccccc1N)n1c2ccccc2c2ccsc21)n1c2c(c3ccc4ccccc4c31)C1=C(C=CCC1)CC2. The predicted octanol–water partition coefficient (Wildman–Crippen LogP) is 10.0. The monoisotopic (exact) mass is 586 g/mol. The summed E-state index contributed by atoms with van der Waals surface area (Å²) in [5.41, 5.74) is 16.2. The number of benzene rings is 4. The summed E-state index contributed by atoms with van der Waals surface area (Å²) in [4.78, 5) is 6.63. The molecule has 0 aliphatic heterocycles. The van der Waals surface area contributed by atoms with Crippen LogP contribution in [0, 0.1) is 0 Å². The van der Waals surface area contributed by atoms with E-state index in [2.05, 4.69) is 99.5 Å². The van der Waals surface area contributed by atoms with Crippen LogP contribution in [0.5, 0.6) is 0 Å². The van der Waals surface area contributed by atoms with Crippen molar-refractivity contribution < 1.29 is 0 Å². The predicted molar refractivity (Wildman–Crippen MR) is 188 cm³/mol. The normalized spacial score (nSPS) is 15.0. The van der Waals surface area contributed by atoms with Gasteiger partial charge in [0, 0.05) is 44.1 Å². The smallest absolute Gasteiger partial charge is 0.150 e. The Kier molecular flexibility index (Phi) is 5.59. The summed E-state index contributed by atoms with van der Waals surface area (Å²) in [5, 5.41) is 8.30. The number of allylic oxidation sites excluding steroid dienone is 4. The third kappa shape index (κ3) is 3.60. The number of aromatic nitrogens is 2. The van der Waals surface area contributed by atoms with Gasteiger partial charge in [-0.2, -0.15) is 0 Å². The number of anilines is 1. The molecule has 3 aromatic heterocycles. The van der Waals surface area contributed by atoms with Crippen molar-refractivity contribution in [2.24, 2.45) is 4.99 Å². The van der Waals surface area contributed by atoms with Crippen LogP contribution in [0.1, 0.15) is 36.1 Å². The van der Waals surface area contributed by atoms with E-state index in [1.165, 1.54) is 54.9 Å². The average molecular weight is 587 g/mol. The minimum Gasteiger partial charge on any atom is -0.398 e. The van der Waals surface area contributed by atoms with Crippen LogP contribution in [-0.2, 0) is 6.42 Å². The van der Waals surface area contributed by atoms with Gasteiger partial charge in [0.25, 0.3) is 0 Å². The van der Waals surface area contributed by atoms with Crippen LogP contribution >= 0.6 is 11.3 Å². The van der Waals surface area contributed by atoms with Crippen molar-refractivity contribution in [3.05, 3.63) is 138 Å². The van der Waals surface area contributed by atoms with Crippen LogP contribution < -0.4 is 5.73 Å². The highest BCUT2D eigenvalue weighted by molar-refractivity contribution is 7.17. The van der Waals surface area contributed by atoms with Crippen LogP contribution in [0.2, 0.25) is 0 Å². The largest absolute Gasteiger partial charge is 0.398 e. The second-order valence-electron chi connectivity index (χ2n) is 11.7. The molecule has 0 fully saturated rings. The van der Waals surface area contributed by atoms with Crippen molar-refractivity contribution >= 4 is 77.0 Å². The highest BCUT2D eigenvalue weighted by Gasteiger charge is 2.29. The van der Waals surface area contributed by atoms with Crippen LogP contribution in [-0.4, -0.2) is 15.0 Å². The first-order chi connectivity index (χ1) is 21.7. The maximum Gasteiger partial charge on any atom is 0.150 e. The van der Waals surface area contributed by atoms with Crippen molar-refractivity contribution in [3.63, 3.8) is 0 Å². The molecule has 0 radical (unpaired) electrons. The quantitative estimate of drug-likeness (QED) is 0.125. The Morgan fingerprint density at radius 3 is 2.50 bits per heavy atom. The van der Waals surface area contributed by atoms with Gasteiger partial charge in [0.05, 0.1) is 11.0 Å². The number of nitrogen functional groups attached to an aromatic ring is 1. The standard InChI is InChI=1S/C39H30N4S/c1-24(41-38(31-15-6-8-16-33(31)40)43-34-17-9-7-14-29(34)30-22-23-44-39(30)43)42-35-21-19-25-10-2-4-12-27(25)36(35)32-20-18-26-11-3-5-13-28(26)37(32)42/h2-3,5-11,13-18,20,22-23H,1,4,12,19,21,40H2/b41-38+. The van der Waals surface area contributed by atoms with E-state index < -0.39 is 0 Å². The zero-order valence-electron chi connectivity index (χ0n) is 24.3. The number of hydrogen-bond acceptors (Lipinski definition) is 3. The third-order valence-electron chi connectivity index (χ3n) is 9.34. The maximum atomic E-state index is 6.69. The fraction of sp³-hybridized carbons (Fsp3) is 0.103. The molecular formula is C39H30N4S. The van der Waals surface area contributed by atoms with E-state index in [1.807, 2.05) is 18.2 Å². The fourth-order valence-corrected chi connectivity index (χ4v) is 8.37. The van der Waals surface area contributed by atoms with Gasteiger partial charge in [-0.25, -0.2) is 4.99 Å². The molecule has 4 nitrogen and oxygen atoms in total. The van der Waals surface area contributed by atoms with Gasteiger partial charge in [-0.05, 0) is 71.9 Å².